The minimum Gasteiger partial charge on any atom is -0.465 e. The zero-order valence-electron chi connectivity index (χ0n) is 16.6. The number of carbonyl (C=O) groups excluding carboxylic acids is 3. The third-order valence-electron chi connectivity index (χ3n) is 4.06. The Morgan fingerprint density at radius 1 is 1.17 bits per heavy atom. The van der Waals surface area contributed by atoms with Crippen molar-refractivity contribution in [3.8, 4) is 0 Å². The first-order valence-electron chi connectivity index (χ1n) is 8.65. The summed E-state index contributed by atoms with van der Waals surface area (Å²) in [5.41, 5.74) is 0.732. The van der Waals surface area contributed by atoms with E-state index in [1.54, 1.807) is 27.7 Å². The van der Waals surface area contributed by atoms with Gasteiger partial charge in [0.05, 0.1) is 22.5 Å². The number of anilines is 1. The lowest BCUT2D eigenvalue weighted by Crippen LogP contribution is -2.29. The average molecular weight is 419 g/mol. The number of nitro benzene ring substituents is 1. The van der Waals surface area contributed by atoms with E-state index in [1.165, 1.54) is 19.2 Å². The summed E-state index contributed by atoms with van der Waals surface area (Å²) in [6, 6.07) is 3.96. The molecule has 0 bridgehead atoms. The number of nitrogens with one attached hydrogen (secondary N) is 2. The number of esters is 1. The summed E-state index contributed by atoms with van der Waals surface area (Å²) in [7, 11) is 1.20. The van der Waals surface area contributed by atoms with Gasteiger partial charge < -0.3 is 15.4 Å². The monoisotopic (exact) mass is 419 g/mol. The molecule has 0 saturated heterocycles. The summed E-state index contributed by atoms with van der Waals surface area (Å²) in [5.74, 6) is -1.72. The van der Waals surface area contributed by atoms with E-state index in [4.69, 9.17) is 4.74 Å². The molecule has 0 radical (unpaired) electrons. The molecule has 2 N–H and O–H groups in total. The second-order valence-corrected chi connectivity index (χ2v) is 7.61. The van der Waals surface area contributed by atoms with Gasteiger partial charge in [0.15, 0.2) is 0 Å². The van der Waals surface area contributed by atoms with Gasteiger partial charge in [0.1, 0.15) is 5.00 Å². The third-order valence-corrected chi connectivity index (χ3v) is 5.26. The van der Waals surface area contributed by atoms with Gasteiger partial charge in [-0.25, -0.2) is 4.79 Å². The van der Waals surface area contributed by atoms with Crippen molar-refractivity contribution in [2.24, 2.45) is 0 Å². The van der Waals surface area contributed by atoms with Crippen molar-refractivity contribution in [2.75, 3.05) is 12.4 Å². The number of hydrogen-bond acceptors (Lipinski definition) is 7. The van der Waals surface area contributed by atoms with Gasteiger partial charge in [0.25, 0.3) is 17.5 Å². The van der Waals surface area contributed by atoms with E-state index < -0.39 is 16.8 Å². The van der Waals surface area contributed by atoms with Gasteiger partial charge >= 0.3 is 5.97 Å². The van der Waals surface area contributed by atoms with Crippen LogP contribution in [0.1, 0.15) is 55.4 Å². The first-order valence-corrected chi connectivity index (χ1v) is 9.47. The minimum absolute atomic E-state index is 0.0531. The molecule has 0 spiro atoms. The maximum atomic E-state index is 12.7. The van der Waals surface area contributed by atoms with Crippen LogP contribution >= 0.6 is 11.3 Å². The molecule has 1 heterocycles. The smallest absolute Gasteiger partial charge is 0.341 e. The highest BCUT2D eigenvalue weighted by Crippen LogP contribution is 2.34. The van der Waals surface area contributed by atoms with Crippen molar-refractivity contribution < 1.29 is 24.0 Å². The van der Waals surface area contributed by atoms with E-state index in [0.717, 1.165) is 17.4 Å². The van der Waals surface area contributed by atoms with Gasteiger partial charge in [-0.05, 0) is 39.3 Å². The van der Waals surface area contributed by atoms with Crippen molar-refractivity contribution in [3.05, 3.63) is 55.4 Å². The molecule has 0 saturated carbocycles. The van der Waals surface area contributed by atoms with E-state index in [9.17, 15) is 24.5 Å². The number of amides is 2. The Labute approximate surface area is 171 Å². The first kappa shape index (κ1) is 22.0. The highest BCUT2D eigenvalue weighted by atomic mass is 32.1. The molecule has 0 atom stereocenters. The molecule has 29 heavy (non-hydrogen) atoms. The molecule has 0 fully saturated rings. The Morgan fingerprint density at radius 2 is 1.83 bits per heavy atom. The highest BCUT2D eigenvalue weighted by molar-refractivity contribution is 7.18. The number of aryl methyl sites for hydroxylation is 1. The lowest BCUT2D eigenvalue weighted by atomic mass is 10.1. The lowest BCUT2D eigenvalue weighted by Gasteiger charge is -2.07. The summed E-state index contributed by atoms with van der Waals surface area (Å²) >= 11 is 0.938. The molecule has 0 unspecified atom stereocenters. The van der Waals surface area contributed by atoms with E-state index in [0.29, 0.717) is 11.1 Å². The highest BCUT2D eigenvalue weighted by Gasteiger charge is 2.27. The van der Waals surface area contributed by atoms with Gasteiger partial charge in [-0.3, -0.25) is 19.7 Å². The second kappa shape index (κ2) is 8.82. The first-order chi connectivity index (χ1) is 13.6. The second-order valence-electron chi connectivity index (χ2n) is 6.59. The average Bonchev–Trinajstić information content (AvgIpc) is 2.96. The summed E-state index contributed by atoms with van der Waals surface area (Å²) in [6.07, 6.45) is 0. The van der Waals surface area contributed by atoms with Crippen molar-refractivity contribution in [1.29, 1.82) is 0 Å². The minimum atomic E-state index is -0.701. The molecule has 154 valence electrons. The molecule has 1 aromatic heterocycles. The molecular formula is C19H21N3O6S. The van der Waals surface area contributed by atoms with Crippen molar-refractivity contribution in [1.82, 2.24) is 5.32 Å². The van der Waals surface area contributed by atoms with E-state index in [1.807, 2.05) is 0 Å². The Kier molecular flexibility index (Phi) is 6.70. The maximum Gasteiger partial charge on any atom is 0.341 e. The Morgan fingerprint density at radius 3 is 2.38 bits per heavy atom. The number of nitro groups is 1. The lowest BCUT2D eigenvalue weighted by molar-refractivity contribution is -0.385. The number of nitrogens with zero attached hydrogens (tertiary/aromatic N) is 1. The molecule has 0 aliphatic rings. The Bertz CT molecular complexity index is 996. The van der Waals surface area contributed by atoms with Crippen LogP contribution in [0.3, 0.4) is 0 Å². The number of carbonyl (C=O) groups is 3. The van der Waals surface area contributed by atoms with Crippen LogP contribution in [0, 0.1) is 24.0 Å². The molecule has 9 nitrogen and oxygen atoms in total. The molecule has 10 heteroatoms. The normalized spacial score (nSPS) is 10.6. The van der Waals surface area contributed by atoms with E-state index in [-0.39, 0.29) is 38.6 Å². The molecule has 0 aliphatic heterocycles. The third kappa shape index (κ3) is 4.77. The molecule has 2 aromatic rings. The fourth-order valence-corrected chi connectivity index (χ4v) is 3.71. The van der Waals surface area contributed by atoms with Crippen molar-refractivity contribution in [3.63, 3.8) is 0 Å². The molecular weight excluding hydrogens is 398 g/mol. The van der Waals surface area contributed by atoms with Crippen LogP contribution in [0.25, 0.3) is 0 Å². The molecule has 1 aromatic carbocycles. The summed E-state index contributed by atoms with van der Waals surface area (Å²) < 4.78 is 4.78. The number of benzene rings is 1. The van der Waals surface area contributed by atoms with Crippen molar-refractivity contribution in [2.45, 2.75) is 33.7 Å². The summed E-state index contributed by atoms with van der Waals surface area (Å²) in [5, 5.41) is 16.6. The van der Waals surface area contributed by atoms with Gasteiger partial charge in [-0.15, -0.1) is 11.3 Å². The van der Waals surface area contributed by atoms with Crippen LogP contribution in [-0.2, 0) is 4.74 Å². The number of hydrogen-bond donors (Lipinski definition) is 2. The standard InChI is InChI=1S/C19H21N3O6S/c1-9(2)20-17(24)15-11(4)14(19(25)28-5)18(29-15)21-16(23)12-7-6-10(3)13(8-12)22(26)27/h6-9H,1-5H3,(H,20,24)(H,21,23). The van der Waals surface area contributed by atoms with Crippen LogP contribution < -0.4 is 10.6 Å². The number of thiophene rings is 1. The molecule has 2 amide bonds. The van der Waals surface area contributed by atoms with Crippen LogP contribution in [0.2, 0.25) is 0 Å². The quantitative estimate of drug-likeness (QED) is 0.419. The Balaban J connectivity index is 2.44. The van der Waals surface area contributed by atoms with Crippen LogP contribution in [0.15, 0.2) is 18.2 Å². The van der Waals surface area contributed by atoms with Gasteiger partial charge in [-0.2, -0.15) is 0 Å². The zero-order chi connectivity index (χ0) is 21.9. The summed E-state index contributed by atoms with van der Waals surface area (Å²) in [6.45, 7) is 6.76. The van der Waals surface area contributed by atoms with E-state index >= 15 is 0 Å². The van der Waals surface area contributed by atoms with Gasteiger partial charge in [-0.1, -0.05) is 6.07 Å². The Hall–Kier alpha value is -3.27. The fourth-order valence-electron chi connectivity index (χ4n) is 2.62. The van der Waals surface area contributed by atoms with Crippen LogP contribution in [0.4, 0.5) is 10.7 Å². The predicted molar refractivity (Wildman–Crippen MR) is 109 cm³/mol. The molecule has 0 aliphatic carbocycles. The zero-order valence-corrected chi connectivity index (χ0v) is 17.4. The molecule has 2 rings (SSSR count). The SMILES string of the molecule is COC(=O)c1c(NC(=O)c2ccc(C)c([N+](=O)[O-])c2)sc(C(=O)NC(C)C)c1C. The fraction of sp³-hybridized carbons (Fsp3) is 0.316. The summed E-state index contributed by atoms with van der Waals surface area (Å²) in [4.78, 5) is 48.1. The maximum absolute atomic E-state index is 12.7. The largest absolute Gasteiger partial charge is 0.465 e. The number of ether oxygens (including phenoxy) is 1. The van der Waals surface area contributed by atoms with Crippen LogP contribution in [0.5, 0.6) is 0 Å². The van der Waals surface area contributed by atoms with Crippen molar-refractivity contribution >= 4 is 39.8 Å². The number of rotatable bonds is 6. The van der Waals surface area contributed by atoms with Crippen LogP contribution in [-0.4, -0.2) is 35.9 Å². The van der Waals surface area contributed by atoms with Gasteiger partial charge in [0, 0.05) is 23.2 Å². The topological polar surface area (TPSA) is 128 Å². The van der Waals surface area contributed by atoms with E-state index in [2.05, 4.69) is 10.6 Å². The number of methoxy groups -OCH3 is 1. The predicted octanol–water partition coefficient (Wildman–Crippen LogP) is 3.45. The van der Waals surface area contributed by atoms with Gasteiger partial charge in [0.2, 0.25) is 0 Å².